The van der Waals surface area contributed by atoms with E-state index >= 15 is 0 Å². The summed E-state index contributed by atoms with van der Waals surface area (Å²) in [6.45, 7) is 5.32. The maximum atomic E-state index is 13.4. The molecule has 2 saturated heterocycles. The van der Waals surface area contributed by atoms with E-state index in [1.54, 1.807) is 30.0 Å². The molecule has 192 valence electrons. The first-order chi connectivity index (χ1) is 17.8. The van der Waals surface area contributed by atoms with Crippen LogP contribution in [0.3, 0.4) is 0 Å². The van der Waals surface area contributed by atoms with Crippen LogP contribution in [0.25, 0.3) is 10.8 Å². The molecular weight excluding hydrogens is 471 g/mol. The Morgan fingerprint density at radius 1 is 1.11 bits per heavy atom. The highest BCUT2D eigenvalue weighted by molar-refractivity contribution is 5.94. The number of nitrogens with zero attached hydrogens (tertiary/aromatic N) is 3. The number of likely N-dealkylation sites (tertiary alicyclic amines) is 2. The van der Waals surface area contributed by atoms with E-state index in [0.29, 0.717) is 37.2 Å². The summed E-state index contributed by atoms with van der Waals surface area (Å²) in [7, 11) is 0. The molecule has 1 aromatic heterocycles. The quantitative estimate of drug-likeness (QED) is 0.517. The van der Waals surface area contributed by atoms with Crippen molar-refractivity contribution in [3.8, 4) is 5.75 Å². The van der Waals surface area contributed by atoms with E-state index in [2.05, 4.69) is 21.3 Å². The molecule has 0 bridgehead atoms. The summed E-state index contributed by atoms with van der Waals surface area (Å²) in [4.78, 5) is 33.6. The number of aryl methyl sites for hydroxylation is 1. The molecule has 5 rings (SSSR count). The highest BCUT2D eigenvalue weighted by Crippen LogP contribution is 2.22. The summed E-state index contributed by atoms with van der Waals surface area (Å²) in [5.41, 5.74) is 3.21. The van der Waals surface area contributed by atoms with Gasteiger partial charge in [-0.1, -0.05) is 23.8 Å². The third-order valence-electron chi connectivity index (χ3n) is 7.19. The normalized spacial score (nSPS) is 18.3. The van der Waals surface area contributed by atoms with E-state index in [4.69, 9.17) is 0 Å². The van der Waals surface area contributed by atoms with Crippen molar-refractivity contribution in [3.05, 3.63) is 82.9 Å². The SMILES string of the molecule is Cc1cc(O)cnc1C(=O)N1CCC(=CC(=O)N[C@@H]2CCN(Cc3ccc4cc(F)ccc4c3)C2)CC1. The van der Waals surface area contributed by atoms with Crippen molar-refractivity contribution in [2.45, 2.75) is 38.8 Å². The van der Waals surface area contributed by atoms with Crippen LogP contribution >= 0.6 is 0 Å². The number of rotatable bonds is 5. The van der Waals surface area contributed by atoms with E-state index in [-0.39, 0.29) is 29.4 Å². The van der Waals surface area contributed by atoms with E-state index < -0.39 is 0 Å². The van der Waals surface area contributed by atoms with E-state index in [9.17, 15) is 19.1 Å². The van der Waals surface area contributed by atoms with Crippen LogP contribution in [0.15, 0.2) is 60.3 Å². The molecule has 0 aliphatic carbocycles. The molecule has 0 radical (unpaired) electrons. The number of hydrogen-bond donors (Lipinski definition) is 2. The first-order valence-electron chi connectivity index (χ1n) is 12.7. The van der Waals surface area contributed by atoms with Gasteiger partial charge in [0, 0.05) is 44.8 Å². The zero-order chi connectivity index (χ0) is 25.9. The molecular formula is C29H31FN4O3. The van der Waals surface area contributed by atoms with Crippen molar-refractivity contribution in [1.29, 1.82) is 0 Å². The fraction of sp³-hybridized carbons (Fsp3) is 0.345. The number of carbonyl (C=O) groups is 2. The number of piperidine rings is 1. The summed E-state index contributed by atoms with van der Waals surface area (Å²) in [5.74, 6) is -0.411. The van der Waals surface area contributed by atoms with Gasteiger partial charge in [0.2, 0.25) is 5.91 Å². The van der Waals surface area contributed by atoms with Gasteiger partial charge in [-0.05, 0) is 72.4 Å². The van der Waals surface area contributed by atoms with Gasteiger partial charge in [-0.15, -0.1) is 0 Å². The zero-order valence-corrected chi connectivity index (χ0v) is 20.9. The van der Waals surface area contributed by atoms with Crippen molar-refractivity contribution < 1.29 is 19.1 Å². The smallest absolute Gasteiger partial charge is 0.272 e. The lowest BCUT2D eigenvalue weighted by atomic mass is 10.0. The lowest BCUT2D eigenvalue weighted by Gasteiger charge is -2.28. The lowest BCUT2D eigenvalue weighted by molar-refractivity contribution is -0.117. The Balaban J connectivity index is 1.10. The van der Waals surface area contributed by atoms with E-state index in [0.717, 1.165) is 42.4 Å². The Morgan fingerprint density at radius 2 is 1.86 bits per heavy atom. The molecule has 0 spiro atoms. The number of nitrogens with one attached hydrogen (secondary N) is 1. The fourth-order valence-corrected chi connectivity index (χ4v) is 5.22. The molecule has 3 heterocycles. The molecule has 0 saturated carbocycles. The van der Waals surface area contributed by atoms with Gasteiger partial charge in [0.25, 0.3) is 5.91 Å². The first-order valence-corrected chi connectivity index (χ1v) is 12.7. The second-order valence-corrected chi connectivity index (χ2v) is 10.0. The minimum Gasteiger partial charge on any atom is -0.506 e. The van der Waals surface area contributed by atoms with Gasteiger partial charge in [-0.25, -0.2) is 9.37 Å². The van der Waals surface area contributed by atoms with Gasteiger partial charge in [-0.2, -0.15) is 0 Å². The molecule has 2 N–H and O–H groups in total. The van der Waals surface area contributed by atoms with Crippen LogP contribution in [0.2, 0.25) is 0 Å². The molecule has 2 aliphatic heterocycles. The Kier molecular flexibility index (Phi) is 7.19. The van der Waals surface area contributed by atoms with Crippen LogP contribution in [-0.2, 0) is 11.3 Å². The molecule has 8 heteroatoms. The Morgan fingerprint density at radius 3 is 2.65 bits per heavy atom. The Labute approximate surface area is 215 Å². The number of pyridine rings is 1. The molecule has 2 aliphatic rings. The third kappa shape index (κ3) is 5.97. The van der Waals surface area contributed by atoms with Crippen LogP contribution in [0.1, 0.15) is 40.9 Å². The van der Waals surface area contributed by atoms with Crippen molar-refractivity contribution in [2.75, 3.05) is 26.2 Å². The molecule has 1 atom stereocenters. The number of benzene rings is 2. The first kappa shape index (κ1) is 24.9. The van der Waals surface area contributed by atoms with Crippen LogP contribution in [0.5, 0.6) is 5.75 Å². The molecule has 2 amide bonds. The summed E-state index contributed by atoms with van der Waals surface area (Å²) in [6.07, 6.45) is 5.18. The Bertz CT molecular complexity index is 1360. The molecule has 0 unspecified atom stereocenters. The fourth-order valence-electron chi connectivity index (χ4n) is 5.22. The number of hydrogen-bond acceptors (Lipinski definition) is 5. The molecule has 7 nitrogen and oxygen atoms in total. The van der Waals surface area contributed by atoms with Gasteiger partial charge in [0.15, 0.2) is 0 Å². The van der Waals surface area contributed by atoms with Crippen LogP contribution in [0, 0.1) is 12.7 Å². The third-order valence-corrected chi connectivity index (χ3v) is 7.19. The minimum absolute atomic E-state index is 0.0424. The predicted molar refractivity (Wildman–Crippen MR) is 140 cm³/mol. The van der Waals surface area contributed by atoms with Crippen LogP contribution in [-0.4, -0.2) is 63.9 Å². The van der Waals surface area contributed by atoms with Crippen molar-refractivity contribution in [1.82, 2.24) is 20.1 Å². The van der Waals surface area contributed by atoms with Crippen molar-refractivity contribution in [3.63, 3.8) is 0 Å². The van der Waals surface area contributed by atoms with Gasteiger partial charge in [-0.3, -0.25) is 14.5 Å². The summed E-state index contributed by atoms with van der Waals surface area (Å²) in [6, 6.07) is 12.6. The zero-order valence-electron chi connectivity index (χ0n) is 20.9. The van der Waals surface area contributed by atoms with Crippen LogP contribution < -0.4 is 5.32 Å². The lowest BCUT2D eigenvalue weighted by Crippen LogP contribution is -2.38. The maximum absolute atomic E-state index is 13.4. The average Bonchev–Trinajstić information content (AvgIpc) is 3.30. The Hall–Kier alpha value is -3.78. The van der Waals surface area contributed by atoms with Gasteiger partial charge in [0.05, 0.1) is 6.20 Å². The van der Waals surface area contributed by atoms with E-state index in [1.807, 2.05) is 12.1 Å². The van der Waals surface area contributed by atoms with Gasteiger partial charge < -0.3 is 15.3 Å². The number of aromatic hydroxyl groups is 1. The minimum atomic E-state index is -0.228. The molecule has 2 aromatic carbocycles. The van der Waals surface area contributed by atoms with E-state index in [1.165, 1.54) is 23.9 Å². The molecule has 37 heavy (non-hydrogen) atoms. The highest BCUT2D eigenvalue weighted by Gasteiger charge is 2.25. The monoisotopic (exact) mass is 502 g/mol. The number of halogens is 1. The number of aromatic nitrogens is 1. The number of carbonyl (C=O) groups excluding carboxylic acids is 2. The summed E-state index contributed by atoms with van der Waals surface area (Å²) in [5, 5.41) is 14.6. The summed E-state index contributed by atoms with van der Waals surface area (Å²) < 4.78 is 13.4. The highest BCUT2D eigenvalue weighted by atomic mass is 19.1. The van der Waals surface area contributed by atoms with Crippen LogP contribution in [0.4, 0.5) is 4.39 Å². The van der Waals surface area contributed by atoms with Crippen molar-refractivity contribution in [2.24, 2.45) is 0 Å². The molecule has 3 aromatic rings. The topological polar surface area (TPSA) is 85.8 Å². The second-order valence-electron chi connectivity index (χ2n) is 10.0. The second kappa shape index (κ2) is 10.7. The van der Waals surface area contributed by atoms with Gasteiger partial charge >= 0.3 is 0 Å². The van der Waals surface area contributed by atoms with Gasteiger partial charge in [0.1, 0.15) is 17.3 Å². The number of fused-ring (bicyclic) bond motifs is 1. The largest absolute Gasteiger partial charge is 0.506 e. The summed E-state index contributed by atoms with van der Waals surface area (Å²) >= 11 is 0. The number of amides is 2. The van der Waals surface area contributed by atoms with Crippen molar-refractivity contribution >= 4 is 22.6 Å². The standard InChI is InChI=1S/C29H31FN4O3/c1-19-12-26(35)16-31-28(19)29(37)34-10-6-20(7-11-34)14-27(36)32-25-8-9-33(18-25)17-21-2-3-23-15-24(30)5-4-22(23)13-21/h2-5,12-16,25,35H,6-11,17-18H2,1H3,(H,32,36)/t25-/m1/s1. The molecule has 2 fully saturated rings. The average molecular weight is 503 g/mol. The predicted octanol–water partition coefficient (Wildman–Crippen LogP) is 3.94. The maximum Gasteiger partial charge on any atom is 0.272 e.